The van der Waals surface area contributed by atoms with Crippen LogP contribution in [-0.4, -0.2) is 12.2 Å². The highest BCUT2D eigenvalue weighted by atomic mass is 79.9. The zero-order valence-corrected chi connectivity index (χ0v) is 14.1. The molecule has 1 heterocycles. The Bertz CT molecular complexity index is 750. The second-order valence-electron chi connectivity index (χ2n) is 4.88. The van der Waals surface area contributed by atoms with Gasteiger partial charge in [0.1, 0.15) is 0 Å². The number of hydrogen-bond acceptors (Lipinski definition) is 2. The first kappa shape index (κ1) is 14.4. The molecule has 0 atom stereocenters. The fourth-order valence-corrected chi connectivity index (χ4v) is 3.18. The van der Waals surface area contributed by atoms with E-state index in [4.69, 9.17) is 0 Å². The summed E-state index contributed by atoms with van der Waals surface area (Å²) in [7, 11) is 0. The summed E-state index contributed by atoms with van der Waals surface area (Å²) in [5.74, 6) is -0.0415. The number of benzene rings is 2. The third kappa shape index (κ3) is 2.65. The van der Waals surface area contributed by atoms with Crippen LogP contribution in [0, 0.1) is 6.92 Å². The van der Waals surface area contributed by atoms with Gasteiger partial charge < -0.3 is 5.32 Å². The van der Waals surface area contributed by atoms with Crippen molar-refractivity contribution in [3.8, 4) is 0 Å². The van der Waals surface area contributed by atoms with Crippen LogP contribution in [0.5, 0.6) is 0 Å². The number of rotatable bonds is 2. The van der Waals surface area contributed by atoms with Gasteiger partial charge in [0.25, 0.3) is 5.91 Å². The molecule has 0 radical (unpaired) electrons. The second-order valence-corrected chi connectivity index (χ2v) is 6.61. The van der Waals surface area contributed by atoms with Gasteiger partial charge in [0.2, 0.25) is 0 Å². The van der Waals surface area contributed by atoms with Gasteiger partial charge in [0.05, 0.1) is 0 Å². The van der Waals surface area contributed by atoms with Crippen LogP contribution in [0.2, 0.25) is 0 Å². The molecule has 4 heteroatoms. The molecule has 2 nitrogen and oxygen atoms in total. The van der Waals surface area contributed by atoms with Crippen LogP contribution in [-0.2, 0) is 4.79 Å². The first-order chi connectivity index (χ1) is 10.1. The summed E-state index contributed by atoms with van der Waals surface area (Å²) in [6.07, 6.45) is 4.00. The Morgan fingerprint density at radius 2 is 1.86 bits per heavy atom. The van der Waals surface area contributed by atoms with Crippen molar-refractivity contribution < 1.29 is 4.79 Å². The molecule has 1 N–H and O–H groups in total. The summed E-state index contributed by atoms with van der Waals surface area (Å²) in [4.78, 5) is 13.4. The average molecular weight is 360 g/mol. The van der Waals surface area contributed by atoms with Gasteiger partial charge in [-0.2, -0.15) is 0 Å². The van der Waals surface area contributed by atoms with Crippen LogP contribution in [0.15, 0.2) is 45.8 Å². The summed E-state index contributed by atoms with van der Waals surface area (Å²) in [6, 6.07) is 12.1. The average Bonchev–Trinajstić information content (AvgIpc) is 2.81. The number of amides is 1. The number of carbonyl (C=O) groups excluding carboxylic acids is 1. The Kier molecular flexibility index (Phi) is 3.91. The maximum absolute atomic E-state index is 12.2. The highest BCUT2D eigenvalue weighted by molar-refractivity contribution is 9.10. The van der Waals surface area contributed by atoms with E-state index in [2.05, 4.69) is 39.6 Å². The summed E-state index contributed by atoms with van der Waals surface area (Å²) in [6.45, 7) is 2.02. The molecule has 2 aromatic rings. The maximum atomic E-state index is 12.2. The first-order valence-electron chi connectivity index (χ1n) is 6.56. The monoisotopic (exact) mass is 359 g/mol. The molecule has 2 aromatic carbocycles. The molecule has 0 unspecified atom stereocenters. The van der Waals surface area contributed by atoms with Gasteiger partial charge >= 0.3 is 0 Å². The normalized spacial score (nSPS) is 15.2. The van der Waals surface area contributed by atoms with Crippen LogP contribution in [0.3, 0.4) is 0 Å². The number of fused-ring (bicyclic) bond motifs is 1. The Morgan fingerprint density at radius 1 is 1.14 bits per heavy atom. The standard InChI is InChI=1S/C17H14BrNOS/c1-10-14(18)7-8-15-16(10)13(17(20)19-15)9-11-3-5-12(21-2)6-4-11/h3-9H,1-2H3,(H,19,20). The zero-order valence-electron chi connectivity index (χ0n) is 11.7. The minimum Gasteiger partial charge on any atom is -0.321 e. The SMILES string of the molecule is CSc1ccc(C=C2C(=O)Nc3ccc(Br)c(C)c32)cc1. The lowest BCUT2D eigenvalue weighted by Crippen LogP contribution is -2.03. The topological polar surface area (TPSA) is 29.1 Å². The number of hydrogen-bond donors (Lipinski definition) is 1. The zero-order chi connectivity index (χ0) is 15.0. The molecule has 0 spiro atoms. The van der Waals surface area contributed by atoms with Crippen molar-refractivity contribution in [3.05, 3.63) is 57.6 Å². The number of nitrogens with one attached hydrogen (secondary N) is 1. The van der Waals surface area contributed by atoms with Crippen molar-refractivity contribution in [2.24, 2.45) is 0 Å². The van der Waals surface area contributed by atoms with Crippen LogP contribution in [0.4, 0.5) is 5.69 Å². The highest BCUT2D eigenvalue weighted by Gasteiger charge is 2.26. The molecule has 1 aliphatic rings. The lowest BCUT2D eigenvalue weighted by molar-refractivity contribution is -0.110. The minimum absolute atomic E-state index is 0.0415. The van der Waals surface area contributed by atoms with Crippen LogP contribution in [0.1, 0.15) is 16.7 Å². The lowest BCUT2D eigenvalue weighted by Gasteiger charge is -2.06. The number of anilines is 1. The molecule has 0 bridgehead atoms. The molecule has 0 saturated heterocycles. The molecule has 0 saturated carbocycles. The molecule has 106 valence electrons. The Labute approximate surface area is 136 Å². The first-order valence-corrected chi connectivity index (χ1v) is 8.58. The van der Waals surface area contributed by atoms with Gasteiger partial charge in [0.15, 0.2) is 0 Å². The number of thioether (sulfide) groups is 1. The molecule has 3 rings (SSSR count). The van der Waals surface area contributed by atoms with Gasteiger partial charge in [0, 0.05) is 26.2 Å². The maximum Gasteiger partial charge on any atom is 0.256 e. The van der Waals surface area contributed by atoms with Gasteiger partial charge in [-0.1, -0.05) is 28.1 Å². The van der Waals surface area contributed by atoms with Gasteiger partial charge in [-0.3, -0.25) is 4.79 Å². The smallest absolute Gasteiger partial charge is 0.256 e. The third-order valence-electron chi connectivity index (χ3n) is 3.59. The summed E-state index contributed by atoms with van der Waals surface area (Å²) < 4.78 is 1.02. The Morgan fingerprint density at radius 3 is 2.52 bits per heavy atom. The molecular weight excluding hydrogens is 346 g/mol. The molecule has 1 amide bonds. The Balaban J connectivity index is 2.09. The Hall–Kier alpha value is -1.52. The quantitative estimate of drug-likeness (QED) is 0.605. The predicted molar refractivity (Wildman–Crippen MR) is 93.6 cm³/mol. The fourth-order valence-electron chi connectivity index (χ4n) is 2.45. The van der Waals surface area contributed by atoms with E-state index in [0.717, 1.165) is 32.4 Å². The fraction of sp³-hybridized carbons (Fsp3) is 0.118. The van der Waals surface area contributed by atoms with Crippen molar-refractivity contribution in [3.63, 3.8) is 0 Å². The second kappa shape index (κ2) is 5.70. The van der Waals surface area contributed by atoms with E-state index in [1.54, 1.807) is 11.8 Å². The third-order valence-corrected chi connectivity index (χ3v) is 5.19. The van der Waals surface area contributed by atoms with E-state index in [-0.39, 0.29) is 5.91 Å². The van der Waals surface area contributed by atoms with Gasteiger partial charge in [-0.15, -0.1) is 11.8 Å². The number of halogens is 1. The van der Waals surface area contributed by atoms with E-state index in [1.165, 1.54) is 4.90 Å². The minimum atomic E-state index is -0.0415. The molecule has 0 aromatic heterocycles. The predicted octanol–water partition coefficient (Wildman–Crippen LogP) is 4.97. The molecule has 0 aliphatic carbocycles. The summed E-state index contributed by atoms with van der Waals surface area (Å²) >= 11 is 5.24. The van der Waals surface area contributed by atoms with E-state index >= 15 is 0 Å². The van der Waals surface area contributed by atoms with Crippen molar-refractivity contribution in [2.75, 3.05) is 11.6 Å². The van der Waals surface area contributed by atoms with Crippen LogP contribution < -0.4 is 5.32 Å². The lowest BCUT2D eigenvalue weighted by atomic mass is 9.99. The molecule has 21 heavy (non-hydrogen) atoms. The van der Waals surface area contributed by atoms with Crippen LogP contribution in [0.25, 0.3) is 11.6 Å². The van der Waals surface area contributed by atoms with Crippen molar-refractivity contribution in [2.45, 2.75) is 11.8 Å². The van der Waals surface area contributed by atoms with Gasteiger partial charge in [-0.25, -0.2) is 0 Å². The van der Waals surface area contributed by atoms with E-state index in [0.29, 0.717) is 0 Å². The largest absolute Gasteiger partial charge is 0.321 e. The summed E-state index contributed by atoms with van der Waals surface area (Å²) in [5, 5.41) is 2.93. The molecule has 1 aliphatic heterocycles. The van der Waals surface area contributed by atoms with E-state index < -0.39 is 0 Å². The van der Waals surface area contributed by atoms with Crippen molar-refractivity contribution >= 4 is 50.9 Å². The van der Waals surface area contributed by atoms with Crippen molar-refractivity contribution in [1.29, 1.82) is 0 Å². The number of carbonyl (C=O) groups is 1. The molecular formula is C17H14BrNOS. The highest BCUT2D eigenvalue weighted by Crippen LogP contribution is 2.38. The van der Waals surface area contributed by atoms with Crippen LogP contribution >= 0.6 is 27.7 Å². The van der Waals surface area contributed by atoms with Gasteiger partial charge in [-0.05, 0) is 54.6 Å². The van der Waals surface area contributed by atoms with Crippen molar-refractivity contribution in [1.82, 2.24) is 0 Å². The van der Waals surface area contributed by atoms with E-state index in [1.807, 2.05) is 37.3 Å². The van der Waals surface area contributed by atoms with E-state index in [9.17, 15) is 4.79 Å². The molecule has 0 fully saturated rings. The summed E-state index contributed by atoms with van der Waals surface area (Å²) in [5.41, 5.74) is 4.71.